The smallest absolute Gasteiger partial charge is 0.313 e. The quantitative estimate of drug-likeness (QED) is 0.746. The number of ether oxygens (including phenoxy) is 1. The average Bonchev–Trinajstić information content (AvgIpc) is 3.31. The van der Waals surface area contributed by atoms with Gasteiger partial charge in [-0.1, -0.05) is 6.07 Å². The third-order valence-electron chi connectivity index (χ3n) is 5.11. The van der Waals surface area contributed by atoms with Crippen molar-refractivity contribution >= 4 is 40.9 Å². The summed E-state index contributed by atoms with van der Waals surface area (Å²) >= 11 is 1.77. The van der Waals surface area contributed by atoms with Gasteiger partial charge in [0, 0.05) is 43.7 Å². The maximum Gasteiger partial charge on any atom is 0.313 e. The van der Waals surface area contributed by atoms with E-state index < -0.39 is 17.4 Å². The lowest BCUT2D eigenvalue weighted by molar-refractivity contribution is -0.136. The van der Waals surface area contributed by atoms with Gasteiger partial charge < -0.3 is 20.3 Å². The first kappa shape index (κ1) is 19.7. The van der Waals surface area contributed by atoms with E-state index in [0.717, 1.165) is 35.6 Å². The number of benzene rings is 1. The van der Waals surface area contributed by atoms with Gasteiger partial charge in [-0.25, -0.2) is 0 Å². The minimum atomic E-state index is -0.727. The van der Waals surface area contributed by atoms with E-state index in [-0.39, 0.29) is 5.91 Å². The van der Waals surface area contributed by atoms with E-state index in [1.165, 1.54) is 0 Å². The van der Waals surface area contributed by atoms with E-state index in [4.69, 9.17) is 4.74 Å². The Morgan fingerprint density at radius 1 is 1.33 bits per heavy atom. The van der Waals surface area contributed by atoms with Crippen molar-refractivity contribution in [2.75, 3.05) is 41.9 Å². The molecule has 2 fully saturated rings. The van der Waals surface area contributed by atoms with Gasteiger partial charge in [-0.05, 0) is 43.2 Å². The highest BCUT2D eigenvalue weighted by atomic mass is 32.2. The highest BCUT2D eigenvalue weighted by molar-refractivity contribution is 7.99. The zero-order valence-electron chi connectivity index (χ0n) is 15.7. The molecule has 2 N–H and O–H groups in total. The summed E-state index contributed by atoms with van der Waals surface area (Å²) in [5.74, 6) is 0.448. The van der Waals surface area contributed by atoms with Crippen LogP contribution >= 0.6 is 11.8 Å². The monoisotopic (exact) mass is 391 g/mol. The maximum absolute atomic E-state index is 12.2. The Morgan fingerprint density at radius 3 is 2.78 bits per heavy atom. The number of anilines is 2. The van der Waals surface area contributed by atoms with E-state index in [0.29, 0.717) is 25.2 Å². The number of hydrogen-bond donors (Lipinski definition) is 2. The van der Waals surface area contributed by atoms with Crippen molar-refractivity contribution in [1.82, 2.24) is 5.32 Å². The minimum Gasteiger partial charge on any atom is -0.376 e. The Morgan fingerprint density at radius 2 is 2.15 bits per heavy atom. The second-order valence-electron chi connectivity index (χ2n) is 6.98. The van der Waals surface area contributed by atoms with Crippen molar-refractivity contribution in [3.05, 3.63) is 23.8 Å². The summed E-state index contributed by atoms with van der Waals surface area (Å²) in [6.07, 6.45) is 2.22. The largest absolute Gasteiger partial charge is 0.376 e. The second-order valence-corrected chi connectivity index (χ2v) is 8.08. The molecule has 0 aromatic heterocycles. The molecule has 0 spiro atoms. The summed E-state index contributed by atoms with van der Waals surface area (Å²) in [5, 5.41) is 5.29. The van der Waals surface area contributed by atoms with Gasteiger partial charge in [-0.3, -0.25) is 14.4 Å². The lowest BCUT2D eigenvalue weighted by Crippen LogP contribution is -2.47. The molecule has 1 aromatic carbocycles. The van der Waals surface area contributed by atoms with Gasteiger partial charge in [-0.2, -0.15) is 11.8 Å². The first-order chi connectivity index (χ1) is 12.9. The van der Waals surface area contributed by atoms with Crippen LogP contribution in [0.2, 0.25) is 0 Å². The van der Waals surface area contributed by atoms with Gasteiger partial charge in [0.2, 0.25) is 5.91 Å². The SMILES string of the molecule is CO[C@@]1(CNC(=O)C(=O)Nc2ccc(C)c(N3CCCC3=O)c2)CCSC1. The number of carbonyl (C=O) groups excluding carboxylic acids is 3. The van der Waals surface area contributed by atoms with Crippen LogP contribution in [0.25, 0.3) is 0 Å². The van der Waals surface area contributed by atoms with Crippen LogP contribution in [-0.2, 0) is 19.1 Å². The van der Waals surface area contributed by atoms with Gasteiger partial charge >= 0.3 is 11.8 Å². The van der Waals surface area contributed by atoms with Crippen LogP contribution in [0.15, 0.2) is 18.2 Å². The van der Waals surface area contributed by atoms with Gasteiger partial charge in [0.25, 0.3) is 0 Å². The van der Waals surface area contributed by atoms with E-state index in [1.807, 2.05) is 13.0 Å². The molecule has 27 heavy (non-hydrogen) atoms. The molecule has 3 rings (SSSR count). The number of amides is 3. The average molecular weight is 391 g/mol. The van der Waals surface area contributed by atoms with Crippen LogP contribution in [0.1, 0.15) is 24.8 Å². The summed E-state index contributed by atoms with van der Waals surface area (Å²) in [6, 6.07) is 5.31. The lowest BCUT2D eigenvalue weighted by atomic mass is 10.0. The molecule has 1 aromatic rings. The Labute approximate surface area is 163 Å². The molecule has 0 aliphatic carbocycles. The van der Waals surface area contributed by atoms with Crippen LogP contribution in [0.3, 0.4) is 0 Å². The molecule has 2 aliphatic heterocycles. The summed E-state index contributed by atoms with van der Waals surface area (Å²) in [5.41, 5.74) is 1.83. The maximum atomic E-state index is 12.2. The lowest BCUT2D eigenvalue weighted by Gasteiger charge is -2.26. The molecule has 0 saturated carbocycles. The first-order valence-electron chi connectivity index (χ1n) is 9.07. The number of nitrogens with zero attached hydrogens (tertiary/aromatic N) is 1. The van der Waals surface area contributed by atoms with Crippen molar-refractivity contribution < 1.29 is 19.1 Å². The van der Waals surface area contributed by atoms with Crippen LogP contribution < -0.4 is 15.5 Å². The number of hydrogen-bond acceptors (Lipinski definition) is 5. The molecule has 2 heterocycles. The van der Waals surface area contributed by atoms with E-state index >= 15 is 0 Å². The number of nitrogens with one attached hydrogen (secondary N) is 2. The number of methoxy groups -OCH3 is 1. The predicted octanol–water partition coefficient (Wildman–Crippen LogP) is 1.70. The third kappa shape index (κ3) is 4.44. The highest BCUT2D eigenvalue weighted by Gasteiger charge is 2.35. The van der Waals surface area contributed by atoms with Crippen LogP contribution in [0.5, 0.6) is 0 Å². The van der Waals surface area contributed by atoms with Crippen molar-refractivity contribution in [3.63, 3.8) is 0 Å². The molecule has 0 bridgehead atoms. The van der Waals surface area contributed by atoms with E-state index in [1.54, 1.807) is 35.9 Å². The number of rotatable bonds is 5. The van der Waals surface area contributed by atoms with Crippen LogP contribution in [0.4, 0.5) is 11.4 Å². The van der Waals surface area contributed by atoms with Gasteiger partial charge in [0.1, 0.15) is 0 Å². The fourth-order valence-electron chi connectivity index (χ4n) is 3.35. The minimum absolute atomic E-state index is 0.0821. The molecule has 7 nitrogen and oxygen atoms in total. The van der Waals surface area contributed by atoms with Crippen LogP contribution in [-0.4, -0.2) is 55.0 Å². The van der Waals surface area contributed by atoms with Crippen molar-refractivity contribution in [2.24, 2.45) is 0 Å². The van der Waals surface area contributed by atoms with E-state index in [9.17, 15) is 14.4 Å². The molecular formula is C19H25N3O4S. The van der Waals surface area contributed by atoms with E-state index in [2.05, 4.69) is 10.6 Å². The Hall–Kier alpha value is -2.06. The fourth-order valence-corrected chi connectivity index (χ4v) is 4.75. The standard InChI is InChI=1S/C19H25N3O4S/c1-13-5-6-14(10-15(13)22-8-3-4-16(22)23)21-18(25)17(24)20-11-19(26-2)7-9-27-12-19/h5-6,10H,3-4,7-9,11-12H2,1-2H3,(H,20,24)(H,21,25)/t19-/m1/s1. The molecule has 0 unspecified atom stereocenters. The zero-order valence-corrected chi connectivity index (χ0v) is 16.5. The van der Waals surface area contributed by atoms with Crippen molar-refractivity contribution in [2.45, 2.75) is 31.8 Å². The van der Waals surface area contributed by atoms with Crippen LogP contribution in [0, 0.1) is 6.92 Å². The molecule has 146 valence electrons. The molecule has 3 amide bonds. The Kier molecular flexibility index (Phi) is 6.06. The molecule has 2 saturated heterocycles. The van der Waals surface area contributed by atoms with Crippen molar-refractivity contribution in [3.8, 4) is 0 Å². The number of thioether (sulfide) groups is 1. The highest BCUT2D eigenvalue weighted by Crippen LogP contribution is 2.30. The predicted molar refractivity (Wildman–Crippen MR) is 106 cm³/mol. The summed E-state index contributed by atoms with van der Waals surface area (Å²) in [7, 11) is 1.63. The fraction of sp³-hybridized carbons (Fsp3) is 0.526. The topological polar surface area (TPSA) is 87.7 Å². The van der Waals surface area contributed by atoms with Crippen molar-refractivity contribution in [1.29, 1.82) is 0 Å². The third-order valence-corrected chi connectivity index (χ3v) is 6.33. The number of carbonyl (C=O) groups is 3. The zero-order chi connectivity index (χ0) is 19.4. The molecule has 0 radical (unpaired) electrons. The molecule has 8 heteroatoms. The Bertz CT molecular complexity index is 746. The summed E-state index contributed by atoms with van der Waals surface area (Å²) in [4.78, 5) is 38.1. The normalized spacial score (nSPS) is 22.1. The second kappa shape index (κ2) is 8.31. The van der Waals surface area contributed by atoms with Gasteiger partial charge in [0.15, 0.2) is 0 Å². The molecule has 2 aliphatic rings. The molecular weight excluding hydrogens is 366 g/mol. The van der Waals surface area contributed by atoms with Gasteiger partial charge in [-0.15, -0.1) is 0 Å². The summed E-state index contributed by atoms with van der Waals surface area (Å²) < 4.78 is 5.54. The molecule has 1 atom stereocenters. The first-order valence-corrected chi connectivity index (χ1v) is 10.2. The Balaban J connectivity index is 1.61. The van der Waals surface area contributed by atoms with Gasteiger partial charge in [0.05, 0.1) is 5.60 Å². The number of aryl methyl sites for hydroxylation is 1. The summed E-state index contributed by atoms with van der Waals surface area (Å²) in [6.45, 7) is 2.90.